The minimum Gasteiger partial charge on any atom is -0.508 e. The van der Waals surface area contributed by atoms with Crippen LogP contribution in [0.25, 0.3) is 5.76 Å². The van der Waals surface area contributed by atoms with Gasteiger partial charge in [0.1, 0.15) is 33.4 Å². The summed E-state index contributed by atoms with van der Waals surface area (Å²) >= 11 is 0. The van der Waals surface area contributed by atoms with Gasteiger partial charge in [0.25, 0.3) is 5.91 Å². The van der Waals surface area contributed by atoms with Crippen molar-refractivity contribution >= 4 is 38.9 Å². The van der Waals surface area contributed by atoms with Gasteiger partial charge in [-0.3, -0.25) is 19.3 Å². The number of fused-ring (bicyclic) bond motifs is 3. The molecule has 0 saturated heterocycles. The maximum absolute atomic E-state index is 14.2. The molecule has 248 valence electrons. The third-order valence-electron chi connectivity index (χ3n) is 9.15. The van der Waals surface area contributed by atoms with Crippen LogP contribution in [0.15, 0.2) is 32.4 Å². The molecule has 3 aliphatic carbocycles. The van der Waals surface area contributed by atoms with Crippen LogP contribution in [0, 0.1) is 25.7 Å². The Morgan fingerprint density at radius 1 is 1.15 bits per heavy atom. The number of ketones is 2. The zero-order valence-electron chi connectivity index (χ0n) is 26.4. The topological polar surface area (TPSA) is 223 Å². The van der Waals surface area contributed by atoms with Crippen molar-refractivity contribution < 1.29 is 47.8 Å². The Balaban J connectivity index is 1.66. The fraction of sp³-hybridized carbons (Fsp3) is 0.467. The fourth-order valence-electron chi connectivity index (χ4n) is 7.09. The molecule has 1 heterocycles. The largest absolute Gasteiger partial charge is 0.508 e. The first-order valence-corrected chi connectivity index (χ1v) is 15.9. The lowest BCUT2D eigenvalue weighted by atomic mass is 9.57. The summed E-state index contributed by atoms with van der Waals surface area (Å²) in [7, 11) is 3.65. The van der Waals surface area contributed by atoms with Gasteiger partial charge in [0.15, 0.2) is 17.1 Å². The van der Waals surface area contributed by atoms with Crippen LogP contribution in [0.4, 0.5) is 5.69 Å². The number of phenolic OH excluding ortho intramolecular Hbond substituents is 1. The number of nitrogens with one attached hydrogen (secondary N) is 2. The molecule has 16 heteroatoms. The van der Waals surface area contributed by atoms with Gasteiger partial charge in [-0.1, -0.05) is 5.16 Å². The standard InChI is InChI=1S/C30H37N5O10S/c1-12-26(13(2)45-33-12)46(43,44)32-11-15-10-18(34(4)5)16-8-14-9-17-22(35(6)7)25(38)21(29(41)31-3)28(40)30(17,42)27(39)19(14)24(37)20(16)23(15)36/h10,14,17,22,32,36-37,40,42H,8-9,11H2,1-7H3,(H,31,41)/t14-,17-,22-,30-/m0/s1. The highest BCUT2D eigenvalue weighted by atomic mass is 32.2. The molecular weight excluding hydrogens is 622 g/mol. The maximum atomic E-state index is 14.2. The molecule has 1 fully saturated rings. The highest BCUT2D eigenvalue weighted by Crippen LogP contribution is 2.54. The number of Topliss-reactive ketones (excluding diaryl/α,β-unsaturated/α-hetero) is 2. The minimum absolute atomic E-state index is 0.0344. The molecule has 3 aliphatic rings. The summed E-state index contributed by atoms with van der Waals surface area (Å²) in [6.45, 7) is 2.51. The number of amides is 1. The number of rotatable bonds is 7. The third kappa shape index (κ3) is 4.70. The normalized spacial score (nSPS) is 24.6. The van der Waals surface area contributed by atoms with Crippen LogP contribution in [0.5, 0.6) is 5.75 Å². The SMILES string of the molecule is CNC(=O)C1=C(O)[C@@]2(O)C(=O)C3=C(O)c4c(O)c(CNS(=O)(=O)c5c(C)noc5C)cc(N(C)C)c4C[C@H]3C[C@H]2[C@H](N(C)C)C1=O. The van der Waals surface area contributed by atoms with Crippen molar-refractivity contribution in [1.82, 2.24) is 20.1 Å². The quantitative estimate of drug-likeness (QED) is 0.222. The predicted octanol–water partition coefficient (Wildman–Crippen LogP) is 0.374. The minimum atomic E-state index is -4.14. The van der Waals surface area contributed by atoms with E-state index in [2.05, 4.69) is 15.2 Å². The summed E-state index contributed by atoms with van der Waals surface area (Å²) in [5.74, 6) is -6.94. The number of benzene rings is 1. The lowest BCUT2D eigenvalue weighted by Gasteiger charge is -2.50. The van der Waals surface area contributed by atoms with Gasteiger partial charge in [-0.15, -0.1) is 0 Å². The number of aliphatic hydroxyl groups is 3. The Hall–Kier alpha value is -4.25. The predicted molar refractivity (Wildman–Crippen MR) is 163 cm³/mol. The lowest BCUT2D eigenvalue weighted by molar-refractivity contribution is -0.153. The van der Waals surface area contributed by atoms with Gasteiger partial charge in [-0.25, -0.2) is 13.1 Å². The van der Waals surface area contributed by atoms with Gasteiger partial charge in [0.05, 0.1) is 11.6 Å². The van der Waals surface area contributed by atoms with Crippen molar-refractivity contribution in [2.75, 3.05) is 40.1 Å². The summed E-state index contributed by atoms with van der Waals surface area (Å²) in [6, 6.07) is 0.414. The summed E-state index contributed by atoms with van der Waals surface area (Å²) in [6.07, 6.45) is 0.0632. The maximum Gasteiger partial charge on any atom is 0.258 e. The van der Waals surface area contributed by atoms with Crippen molar-refractivity contribution in [2.24, 2.45) is 11.8 Å². The molecule has 1 aromatic heterocycles. The number of aryl methyl sites for hydroxylation is 2. The molecule has 15 nitrogen and oxygen atoms in total. The molecule has 1 amide bonds. The highest BCUT2D eigenvalue weighted by molar-refractivity contribution is 7.89. The second kappa shape index (κ2) is 11.2. The molecule has 6 N–H and O–H groups in total. The smallest absolute Gasteiger partial charge is 0.258 e. The van der Waals surface area contributed by atoms with Crippen LogP contribution >= 0.6 is 0 Å². The van der Waals surface area contributed by atoms with Gasteiger partial charge < -0.3 is 35.2 Å². The molecule has 0 bridgehead atoms. The number of sulfonamides is 1. The first-order valence-electron chi connectivity index (χ1n) is 14.4. The number of hydrogen-bond donors (Lipinski definition) is 6. The van der Waals surface area contributed by atoms with E-state index in [4.69, 9.17) is 4.52 Å². The number of likely N-dealkylation sites (N-methyl/N-ethyl adjacent to an activating group) is 2. The molecule has 1 saturated carbocycles. The number of carbonyl (C=O) groups is 3. The number of hydrogen-bond acceptors (Lipinski definition) is 13. The Morgan fingerprint density at radius 2 is 1.80 bits per heavy atom. The molecule has 0 spiro atoms. The Bertz CT molecular complexity index is 1840. The van der Waals surface area contributed by atoms with Gasteiger partial charge in [0.2, 0.25) is 15.8 Å². The molecule has 46 heavy (non-hydrogen) atoms. The van der Waals surface area contributed by atoms with Gasteiger partial charge in [0, 0.05) is 50.4 Å². The summed E-state index contributed by atoms with van der Waals surface area (Å²) in [4.78, 5) is 43.4. The number of aliphatic hydroxyl groups excluding tert-OH is 2. The van der Waals surface area contributed by atoms with Gasteiger partial charge in [-0.2, -0.15) is 0 Å². The van der Waals surface area contributed by atoms with Gasteiger partial charge in [-0.05, 0) is 58.3 Å². The molecule has 1 aromatic carbocycles. The third-order valence-corrected chi connectivity index (χ3v) is 10.8. The fourth-order valence-corrected chi connectivity index (χ4v) is 8.42. The van der Waals surface area contributed by atoms with E-state index < -0.39 is 80.4 Å². The molecular formula is C30H37N5O10S. The number of carbonyl (C=O) groups excluding carboxylic acids is 3. The molecule has 0 radical (unpaired) electrons. The van der Waals surface area contributed by atoms with E-state index in [9.17, 15) is 43.2 Å². The highest BCUT2D eigenvalue weighted by Gasteiger charge is 2.64. The van der Waals surface area contributed by atoms with E-state index in [1.165, 1.54) is 25.8 Å². The second-order valence-electron chi connectivity index (χ2n) is 12.3. The zero-order chi connectivity index (χ0) is 34.2. The van der Waals surface area contributed by atoms with E-state index in [1.807, 2.05) is 0 Å². The van der Waals surface area contributed by atoms with E-state index in [1.54, 1.807) is 39.2 Å². The molecule has 0 aliphatic heterocycles. The molecule has 2 aromatic rings. The average Bonchev–Trinajstić information content (AvgIpc) is 3.32. The monoisotopic (exact) mass is 659 g/mol. The number of nitrogens with zero attached hydrogens (tertiary/aromatic N) is 3. The first-order chi connectivity index (χ1) is 21.4. The summed E-state index contributed by atoms with van der Waals surface area (Å²) in [5, 5.41) is 52.2. The van der Waals surface area contributed by atoms with Gasteiger partial charge >= 0.3 is 0 Å². The first kappa shape index (κ1) is 33.1. The van der Waals surface area contributed by atoms with E-state index >= 15 is 0 Å². The van der Waals surface area contributed by atoms with E-state index in [-0.39, 0.29) is 45.9 Å². The number of anilines is 1. The van der Waals surface area contributed by atoms with Crippen LogP contribution in [0.3, 0.4) is 0 Å². The van der Waals surface area contributed by atoms with E-state index in [0.717, 1.165) is 0 Å². The number of aromatic nitrogens is 1. The average molecular weight is 660 g/mol. The van der Waals surface area contributed by atoms with Crippen LogP contribution in [0.2, 0.25) is 0 Å². The van der Waals surface area contributed by atoms with Crippen LogP contribution in [0.1, 0.15) is 34.6 Å². The number of aromatic hydroxyl groups is 1. The number of phenols is 1. The molecule has 4 atom stereocenters. The van der Waals surface area contributed by atoms with Crippen LogP contribution in [-0.4, -0.2) is 103 Å². The lowest BCUT2D eigenvalue weighted by Crippen LogP contribution is -2.65. The second-order valence-corrected chi connectivity index (χ2v) is 14.0. The van der Waals surface area contributed by atoms with E-state index in [0.29, 0.717) is 11.3 Å². The molecule has 5 rings (SSSR count). The van der Waals surface area contributed by atoms with Crippen LogP contribution in [-0.2, 0) is 37.4 Å². The van der Waals surface area contributed by atoms with Crippen LogP contribution < -0.4 is 14.9 Å². The van der Waals surface area contributed by atoms with Crippen molar-refractivity contribution in [3.8, 4) is 5.75 Å². The van der Waals surface area contributed by atoms with Crippen molar-refractivity contribution in [3.63, 3.8) is 0 Å². The van der Waals surface area contributed by atoms with Crippen molar-refractivity contribution in [3.05, 3.63) is 51.1 Å². The molecule has 0 unspecified atom stereocenters. The van der Waals surface area contributed by atoms with Crippen molar-refractivity contribution in [1.29, 1.82) is 0 Å². The Labute approximate surface area is 265 Å². The Morgan fingerprint density at radius 3 is 2.35 bits per heavy atom. The Kier molecular flexibility index (Phi) is 8.08. The summed E-state index contributed by atoms with van der Waals surface area (Å²) in [5.41, 5.74) is -2.71. The summed E-state index contributed by atoms with van der Waals surface area (Å²) < 4.78 is 33.6. The van der Waals surface area contributed by atoms with Crippen molar-refractivity contribution in [2.45, 2.75) is 49.8 Å². The zero-order valence-corrected chi connectivity index (χ0v) is 27.2.